The van der Waals surface area contributed by atoms with Crippen molar-refractivity contribution in [2.45, 2.75) is 18.9 Å². The standard InChI is InChI=1S/C20H21FN6O/c21-15-9-7-14(8-10-15)18(27-11-3-4-12-27)13-22-20(28)17-6-2-1-5-16(17)19-23-25-26-24-19/h1-2,5-10,18H,3-4,11-13H2,(H,22,28)(H,23,24,25,26)/t18-/m1/s1. The van der Waals surface area contributed by atoms with Gasteiger partial charge in [-0.05, 0) is 54.9 Å². The van der Waals surface area contributed by atoms with Gasteiger partial charge in [0.25, 0.3) is 5.91 Å². The van der Waals surface area contributed by atoms with Crippen molar-refractivity contribution in [2.75, 3.05) is 19.6 Å². The first-order valence-corrected chi connectivity index (χ1v) is 9.33. The number of nitrogens with zero attached hydrogens (tertiary/aromatic N) is 4. The van der Waals surface area contributed by atoms with Crippen LogP contribution in [0, 0.1) is 5.82 Å². The summed E-state index contributed by atoms with van der Waals surface area (Å²) >= 11 is 0. The molecule has 8 heteroatoms. The molecule has 144 valence electrons. The molecule has 1 aliphatic rings. The number of halogens is 1. The Morgan fingerprint density at radius 3 is 2.61 bits per heavy atom. The molecule has 28 heavy (non-hydrogen) atoms. The van der Waals surface area contributed by atoms with Gasteiger partial charge in [0.15, 0.2) is 0 Å². The summed E-state index contributed by atoms with van der Waals surface area (Å²) in [5, 5.41) is 17.0. The number of tetrazole rings is 1. The topological polar surface area (TPSA) is 86.8 Å². The average molecular weight is 380 g/mol. The molecule has 1 aliphatic heterocycles. The fourth-order valence-electron chi connectivity index (χ4n) is 3.63. The van der Waals surface area contributed by atoms with Crippen molar-refractivity contribution < 1.29 is 9.18 Å². The number of hydrogen-bond acceptors (Lipinski definition) is 5. The second-order valence-electron chi connectivity index (χ2n) is 6.80. The van der Waals surface area contributed by atoms with E-state index in [9.17, 15) is 9.18 Å². The molecular formula is C20H21FN6O. The van der Waals surface area contributed by atoms with Gasteiger partial charge in [0, 0.05) is 12.1 Å². The van der Waals surface area contributed by atoms with Gasteiger partial charge in [0.2, 0.25) is 5.82 Å². The summed E-state index contributed by atoms with van der Waals surface area (Å²) in [7, 11) is 0. The van der Waals surface area contributed by atoms with Crippen molar-refractivity contribution in [3.63, 3.8) is 0 Å². The molecule has 1 aromatic heterocycles. The van der Waals surface area contributed by atoms with Crippen LogP contribution in [0.5, 0.6) is 0 Å². The van der Waals surface area contributed by atoms with Gasteiger partial charge in [0.1, 0.15) is 5.82 Å². The SMILES string of the molecule is O=C(NC[C@H](c1ccc(F)cc1)N1CCCC1)c1ccccc1-c1nn[nH]n1. The lowest BCUT2D eigenvalue weighted by Gasteiger charge is -2.28. The highest BCUT2D eigenvalue weighted by Crippen LogP contribution is 2.25. The third-order valence-electron chi connectivity index (χ3n) is 5.05. The smallest absolute Gasteiger partial charge is 0.252 e. The molecule has 2 aromatic carbocycles. The lowest BCUT2D eigenvalue weighted by atomic mass is 10.0. The first kappa shape index (κ1) is 18.2. The summed E-state index contributed by atoms with van der Waals surface area (Å²) in [6.45, 7) is 2.37. The molecule has 0 saturated carbocycles. The fraction of sp³-hybridized carbons (Fsp3) is 0.300. The fourth-order valence-corrected chi connectivity index (χ4v) is 3.63. The number of nitrogens with one attached hydrogen (secondary N) is 2. The van der Waals surface area contributed by atoms with E-state index in [1.165, 1.54) is 12.1 Å². The minimum atomic E-state index is -0.262. The number of aromatic amines is 1. The van der Waals surface area contributed by atoms with Crippen LogP contribution in [0.1, 0.15) is 34.8 Å². The number of carbonyl (C=O) groups excluding carboxylic acids is 1. The molecule has 1 fully saturated rings. The van der Waals surface area contributed by atoms with E-state index in [2.05, 4.69) is 30.8 Å². The normalized spacial score (nSPS) is 15.5. The first-order valence-electron chi connectivity index (χ1n) is 9.33. The van der Waals surface area contributed by atoms with Crippen LogP contribution in [-0.2, 0) is 0 Å². The Bertz CT molecular complexity index is 922. The number of H-pyrrole nitrogens is 1. The van der Waals surface area contributed by atoms with Crippen LogP contribution in [0.15, 0.2) is 48.5 Å². The number of benzene rings is 2. The van der Waals surface area contributed by atoms with Crippen LogP contribution in [0.25, 0.3) is 11.4 Å². The maximum Gasteiger partial charge on any atom is 0.252 e. The predicted molar refractivity (Wildman–Crippen MR) is 102 cm³/mol. The summed E-state index contributed by atoms with van der Waals surface area (Å²) in [5.41, 5.74) is 2.10. The van der Waals surface area contributed by atoms with Crippen molar-refractivity contribution >= 4 is 5.91 Å². The number of hydrogen-bond donors (Lipinski definition) is 2. The van der Waals surface area contributed by atoms with Gasteiger partial charge in [-0.25, -0.2) is 4.39 Å². The lowest BCUT2D eigenvalue weighted by Crippen LogP contribution is -2.37. The number of amides is 1. The number of aromatic nitrogens is 4. The van der Waals surface area contributed by atoms with Gasteiger partial charge in [-0.2, -0.15) is 5.21 Å². The summed E-state index contributed by atoms with van der Waals surface area (Å²) in [4.78, 5) is 15.2. The molecule has 0 bridgehead atoms. The molecule has 0 unspecified atom stereocenters. The quantitative estimate of drug-likeness (QED) is 0.686. The van der Waals surface area contributed by atoms with E-state index in [4.69, 9.17) is 0 Å². The Balaban J connectivity index is 1.53. The van der Waals surface area contributed by atoms with Crippen LogP contribution in [0.4, 0.5) is 4.39 Å². The maximum absolute atomic E-state index is 13.3. The van der Waals surface area contributed by atoms with Gasteiger partial charge >= 0.3 is 0 Å². The highest BCUT2D eigenvalue weighted by molar-refractivity contribution is 6.00. The van der Waals surface area contributed by atoms with E-state index < -0.39 is 0 Å². The lowest BCUT2D eigenvalue weighted by molar-refractivity contribution is 0.0938. The van der Waals surface area contributed by atoms with Gasteiger partial charge in [0.05, 0.1) is 11.6 Å². The summed E-state index contributed by atoms with van der Waals surface area (Å²) < 4.78 is 13.3. The Labute approximate surface area is 162 Å². The Morgan fingerprint density at radius 2 is 1.89 bits per heavy atom. The van der Waals surface area contributed by atoms with E-state index in [0.717, 1.165) is 31.5 Å². The predicted octanol–water partition coefficient (Wildman–Crippen LogP) is 2.57. The van der Waals surface area contributed by atoms with Crippen molar-refractivity contribution in [1.82, 2.24) is 30.8 Å². The first-order chi connectivity index (χ1) is 13.7. The van der Waals surface area contributed by atoms with E-state index in [0.29, 0.717) is 23.5 Å². The van der Waals surface area contributed by atoms with Crippen LogP contribution in [0.3, 0.4) is 0 Å². The second-order valence-corrected chi connectivity index (χ2v) is 6.80. The van der Waals surface area contributed by atoms with Gasteiger partial charge in [-0.3, -0.25) is 9.69 Å². The van der Waals surface area contributed by atoms with Crippen molar-refractivity contribution in [2.24, 2.45) is 0 Å². The molecule has 2 heterocycles. The van der Waals surface area contributed by atoms with E-state index >= 15 is 0 Å². The van der Waals surface area contributed by atoms with Crippen molar-refractivity contribution in [3.05, 3.63) is 65.5 Å². The van der Waals surface area contributed by atoms with Gasteiger partial charge in [-0.1, -0.05) is 30.3 Å². The molecule has 0 aliphatic carbocycles. The van der Waals surface area contributed by atoms with Gasteiger partial charge in [-0.15, -0.1) is 10.2 Å². The van der Waals surface area contributed by atoms with E-state index in [1.54, 1.807) is 30.3 Å². The molecule has 3 aromatic rings. The summed E-state index contributed by atoms with van der Waals surface area (Å²) in [5.74, 6) is -0.0888. The van der Waals surface area contributed by atoms with Gasteiger partial charge < -0.3 is 5.32 Å². The van der Waals surface area contributed by atoms with Crippen LogP contribution in [-0.4, -0.2) is 51.1 Å². The second kappa shape index (κ2) is 8.26. The minimum absolute atomic E-state index is 0.00406. The van der Waals surface area contributed by atoms with E-state index in [-0.39, 0.29) is 17.8 Å². The molecule has 1 amide bonds. The molecule has 1 saturated heterocycles. The van der Waals surface area contributed by atoms with Crippen molar-refractivity contribution in [1.29, 1.82) is 0 Å². The van der Waals surface area contributed by atoms with Crippen LogP contribution in [0.2, 0.25) is 0 Å². The highest BCUT2D eigenvalue weighted by Gasteiger charge is 2.25. The number of carbonyl (C=O) groups is 1. The number of rotatable bonds is 6. The van der Waals surface area contributed by atoms with E-state index in [1.807, 2.05) is 6.07 Å². The Morgan fingerprint density at radius 1 is 1.14 bits per heavy atom. The molecule has 1 atom stereocenters. The minimum Gasteiger partial charge on any atom is -0.350 e. The molecular weight excluding hydrogens is 359 g/mol. The largest absolute Gasteiger partial charge is 0.350 e. The summed E-state index contributed by atoms with van der Waals surface area (Å²) in [6.07, 6.45) is 2.26. The maximum atomic E-state index is 13.3. The zero-order valence-electron chi connectivity index (χ0n) is 15.3. The van der Waals surface area contributed by atoms with Crippen LogP contribution >= 0.6 is 0 Å². The number of likely N-dealkylation sites (tertiary alicyclic amines) is 1. The van der Waals surface area contributed by atoms with Crippen LogP contribution < -0.4 is 5.32 Å². The molecule has 4 rings (SSSR count). The molecule has 0 radical (unpaired) electrons. The zero-order chi connectivity index (χ0) is 19.3. The monoisotopic (exact) mass is 380 g/mol. The summed E-state index contributed by atoms with van der Waals surface area (Å²) in [6, 6.07) is 13.7. The molecule has 0 spiro atoms. The average Bonchev–Trinajstić information content (AvgIpc) is 3.44. The molecule has 2 N–H and O–H groups in total. The van der Waals surface area contributed by atoms with Crippen molar-refractivity contribution in [3.8, 4) is 11.4 Å². The molecule has 7 nitrogen and oxygen atoms in total. The third-order valence-corrected chi connectivity index (χ3v) is 5.05. The zero-order valence-corrected chi connectivity index (χ0v) is 15.3. The third kappa shape index (κ3) is 3.91. The highest BCUT2D eigenvalue weighted by atomic mass is 19.1. The Kier molecular flexibility index (Phi) is 5.38. The Hall–Kier alpha value is -3.13.